The van der Waals surface area contributed by atoms with Crippen molar-refractivity contribution in [2.24, 2.45) is 4.99 Å². The molecule has 9 aromatic rings. The van der Waals surface area contributed by atoms with Gasteiger partial charge in [0.1, 0.15) is 17.3 Å². The number of benzene rings is 8. The van der Waals surface area contributed by atoms with Gasteiger partial charge in [0, 0.05) is 50.7 Å². The lowest BCUT2D eigenvalue weighted by atomic mass is 9.96. The third kappa shape index (κ3) is 5.71. The number of aliphatic imine (C=N–C) groups is 1. The Bertz CT molecular complexity index is 2770. The topological polar surface area (TPSA) is 40.8 Å². The van der Waals surface area contributed by atoms with E-state index in [2.05, 4.69) is 198 Å². The van der Waals surface area contributed by atoms with Gasteiger partial charge in [-0.25, -0.2) is 0 Å². The number of furan rings is 1. The Kier molecular flexibility index (Phi) is 7.85. The average Bonchev–Trinajstić information content (AvgIpc) is 3.63. The molecule has 1 N–H and O–H groups in total. The summed E-state index contributed by atoms with van der Waals surface area (Å²) in [6.07, 6.45) is -0.199. The van der Waals surface area contributed by atoms with Crippen LogP contribution in [0.2, 0.25) is 0 Å². The van der Waals surface area contributed by atoms with Gasteiger partial charge in [0.05, 0.1) is 5.71 Å². The maximum Gasteiger partial charge on any atom is 0.145 e. The monoisotopic (exact) mass is 693 g/mol. The first-order valence-corrected chi connectivity index (χ1v) is 18.3. The Balaban J connectivity index is 1.00. The number of hydrogen-bond donors (Lipinski definition) is 1. The van der Waals surface area contributed by atoms with Crippen LogP contribution in [0.1, 0.15) is 22.9 Å². The van der Waals surface area contributed by atoms with Gasteiger partial charge in [0.25, 0.3) is 0 Å². The Morgan fingerprint density at radius 3 is 1.80 bits per heavy atom. The van der Waals surface area contributed by atoms with Gasteiger partial charge in [-0.3, -0.25) is 4.99 Å². The normalized spacial score (nSPS) is 13.6. The van der Waals surface area contributed by atoms with Crippen LogP contribution in [0.5, 0.6) is 0 Å². The quantitative estimate of drug-likeness (QED) is 0.181. The molecular weight excluding hydrogens is 659 g/mol. The predicted octanol–water partition coefficient (Wildman–Crippen LogP) is 13.4. The van der Waals surface area contributed by atoms with E-state index in [1.54, 1.807) is 0 Å². The standard InChI is InChI=1S/C50H35N3O/c1-4-13-34(14-5-1)35-27-29-40(30-28-35)53(39-17-8-3-9-18-39)41-31-32-44-47(33-41)54-46-22-12-20-42(48(44)46)36-23-25-38(26-24-36)50-51-45-21-11-10-19-43(45)49(52-50)37-15-6-2-7-16-37/h1-33,50-51H. The van der Waals surface area contributed by atoms with Crippen molar-refractivity contribution in [3.8, 4) is 22.3 Å². The maximum absolute atomic E-state index is 6.61. The third-order valence-electron chi connectivity index (χ3n) is 10.3. The Hall–Kier alpha value is -7.17. The number of anilines is 4. The van der Waals surface area contributed by atoms with Gasteiger partial charge in [-0.1, -0.05) is 146 Å². The van der Waals surface area contributed by atoms with Crippen molar-refractivity contribution in [1.29, 1.82) is 0 Å². The highest BCUT2D eigenvalue weighted by Gasteiger charge is 2.23. The minimum atomic E-state index is -0.199. The molecule has 0 aliphatic carbocycles. The number of para-hydroxylation sites is 2. The summed E-state index contributed by atoms with van der Waals surface area (Å²) in [5, 5.41) is 5.86. The number of fused-ring (bicyclic) bond motifs is 4. The Labute approximate surface area is 314 Å². The van der Waals surface area contributed by atoms with Crippen LogP contribution in [0.3, 0.4) is 0 Å². The minimum Gasteiger partial charge on any atom is -0.456 e. The van der Waals surface area contributed by atoms with E-state index in [4.69, 9.17) is 9.41 Å². The molecule has 0 saturated heterocycles. The maximum atomic E-state index is 6.61. The molecule has 0 spiro atoms. The van der Waals surface area contributed by atoms with E-state index in [-0.39, 0.29) is 6.17 Å². The second kappa shape index (κ2) is 13.4. The molecule has 0 saturated carbocycles. The number of hydrogen-bond acceptors (Lipinski definition) is 4. The number of nitrogens with one attached hydrogen (secondary N) is 1. The first kappa shape index (κ1) is 31.6. The highest BCUT2D eigenvalue weighted by Crippen LogP contribution is 2.42. The van der Waals surface area contributed by atoms with Crippen LogP contribution in [0.15, 0.2) is 210 Å². The summed E-state index contributed by atoms with van der Waals surface area (Å²) in [5.74, 6) is 0. The summed E-state index contributed by atoms with van der Waals surface area (Å²) in [6.45, 7) is 0. The molecule has 1 unspecified atom stereocenters. The van der Waals surface area contributed by atoms with E-state index in [0.29, 0.717) is 0 Å². The van der Waals surface area contributed by atoms with Gasteiger partial charge in [0.2, 0.25) is 0 Å². The fourth-order valence-electron chi connectivity index (χ4n) is 7.67. The first-order valence-electron chi connectivity index (χ1n) is 18.3. The zero-order valence-electron chi connectivity index (χ0n) is 29.4. The molecule has 1 aromatic heterocycles. The molecule has 0 bridgehead atoms. The SMILES string of the molecule is c1ccc(C2=NC(c3ccc(-c4cccc5oc6cc(N(c7ccccc7)c7ccc(-c8ccccc8)cc7)ccc6c45)cc3)Nc3ccccc32)cc1. The van der Waals surface area contributed by atoms with Crippen LogP contribution >= 0.6 is 0 Å². The second-order valence-electron chi connectivity index (χ2n) is 13.6. The molecule has 0 amide bonds. The highest BCUT2D eigenvalue weighted by molar-refractivity contribution is 6.17. The molecule has 1 atom stereocenters. The lowest BCUT2D eigenvalue weighted by molar-refractivity contribution is 0.669. The van der Waals surface area contributed by atoms with E-state index in [1.165, 1.54) is 11.1 Å². The van der Waals surface area contributed by atoms with E-state index >= 15 is 0 Å². The summed E-state index contributed by atoms with van der Waals surface area (Å²) in [5.41, 5.74) is 15.0. The van der Waals surface area contributed by atoms with Gasteiger partial charge in [-0.05, 0) is 76.3 Å². The summed E-state index contributed by atoms with van der Waals surface area (Å²) in [7, 11) is 0. The van der Waals surface area contributed by atoms with Gasteiger partial charge in [-0.2, -0.15) is 0 Å². The van der Waals surface area contributed by atoms with Crippen molar-refractivity contribution in [2.75, 3.05) is 10.2 Å². The van der Waals surface area contributed by atoms with Crippen molar-refractivity contribution in [2.45, 2.75) is 6.17 Å². The molecular formula is C50H35N3O. The molecule has 1 aliphatic heterocycles. The van der Waals surface area contributed by atoms with Crippen LogP contribution < -0.4 is 10.2 Å². The van der Waals surface area contributed by atoms with Crippen molar-refractivity contribution in [3.63, 3.8) is 0 Å². The van der Waals surface area contributed by atoms with E-state index in [1.807, 2.05) is 12.1 Å². The highest BCUT2D eigenvalue weighted by atomic mass is 16.3. The van der Waals surface area contributed by atoms with Crippen LogP contribution in [-0.4, -0.2) is 5.71 Å². The smallest absolute Gasteiger partial charge is 0.145 e. The van der Waals surface area contributed by atoms with E-state index in [9.17, 15) is 0 Å². The third-order valence-corrected chi connectivity index (χ3v) is 10.3. The van der Waals surface area contributed by atoms with Crippen LogP contribution in [0.25, 0.3) is 44.2 Å². The van der Waals surface area contributed by atoms with Crippen LogP contribution in [-0.2, 0) is 0 Å². The molecule has 256 valence electrons. The molecule has 10 rings (SSSR count). The van der Waals surface area contributed by atoms with Gasteiger partial charge in [-0.15, -0.1) is 0 Å². The molecule has 4 heteroatoms. The van der Waals surface area contributed by atoms with Crippen molar-refractivity contribution in [1.82, 2.24) is 0 Å². The molecule has 54 heavy (non-hydrogen) atoms. The molecule has 0 fully saturated rings. The van der Waals surface area contributed by atoms with Crippen molar-refractivity contribution in [3.05, 3.63) is 217 Å². The van der Waals surface area contributed by atoms with E-state index < -0.39 is 0 Å². The zero-order chi connectivity index (χ0) is 35.8. The molecule has 1 aliphatic rings. The van der Waals surface area contributed by atoms with Crippen LogP contribution in [0.4, 0.5) is 22.7 Å². The summed E-state index contributed by atoms with van der Waals surface area (Å²) in [6, 6.07) is 70.3. The second-order valence-corrected chi connectivity index (χ2v) is 13.6. The number of nitrogens with zero attached hydrogens (tertiary/aromatic N) is 2. The van der Waals surface area contributed by atoms with Gasteiger partial charge in [0.15, 0.2) is 0 Å². The molecule has 2 heterocycles. The minimum absolute atomic E-state index is 0.199. The van der Waals surface area contributed by atoms with Gasteiger partial charge >= 0.3 is 0 Å². The Morgan fingerprint density at radius 1 is 0.444 bits per heavy atom. The molecule has 4 nitrogen and oxygen atoms in total. The molecule has 8 aromatic carbocycles. The fraction of sp³-hybridized carbons (Fsp3) is 0.0200. The van der Waals surface area contributed by atoms with E-state index in [0.717, 1.165) is 78.2 Å². The van der Waals surface area contributed by atoms with Gasteiger partial charge < -0.3 is 14.6 Å². The molecule has 0 radical (unpaired) electrons. The lowest BCUT2D eigenvalue weighted by Crippen LogP contribution is -2.20. The summed E-state index contributed by atoms with van der Waals surface area (Å²) in [4.78, 5) is 7.50. The van der Waals surface area contributed by atoms with Crippen LogP contribution in [0, 0.1) is 0 Å². The predicted molar refractivity (Wildman–Crippen MR) is 224 cm³/mol. The van der Waals surface area contributed by atoms with Crippen molar-refractivity contribution >= 4 is 50.4 Å². The lowest BCUT2D eigenvalue weighted by Gasteiger charge is -2.26. The Morgan fingerprint density at radius 2 is 1.04 bits per heavy atom. The zero-order valence-corrected chi connectivity index (χ0v) is 29.4. The average molecular weight is 694 g/mol. The van der Waals surface area contributed by atoms with Crippen molar-refractivity contribution < 1.29 is 4.42 Å². The summed E-state index contributed by atoms with van der Waals surface area (Å²) < 4.78 is 6.61. The first-order chi connectivity index (χ1) is 26.8. The number of rotatable bonds is 7. The largest absolute Gasteiger partial charge is 0.456 e. The summed E-state index contributed by atoms with van der Waals surface area (Å²) >= 11 is 0. The fourth-order valence-corrected chi connectivity index (χ4v) is 7.67.